The molecule has 0 radical (unpaired) electrons. The number of carbonyl (C=O) groups excluding carboxylic acids is 1. The first-order valence-corrected chi connectivity index (χ1v) is 21.1. The topological polar surface area (TPSA) is 131 Å². The van der Waals surface area contributed by atoms with Gasteiger partial charge in [-0.05, 0) is 64.2 Å². The summed E-state index contributed by atoms with van der Waals surface area (Å²) in [6.45, 7) is 3.89. The molecule has 0 aliphatic carbocycles. The maximum Gasteiger partial charge on any atom is 0.472 e. The van der Waals surface area contributed by atoms with Gasteiger partial charge in [-0.1, -0.05) is 151 Å². The van der Waals surface area contributed by atoms with E-state index < -0.39 is 20.0 Å². The third-order valence-corrected chi connectivity index (χ3v) is 9.00. The van der Waals surface area contributed by atoms with E-state index in [-0.39, 0.29) is 25.7 Å². The number of hydrogen-bond acceptors (Lipinski definition) is 6. The number of rotatable bonds is 35. The molecule has 5 N–H and O–H groups in total. The number of phosphoric ester groups is 1. The SMILES string of the molecule is CC/C=C\C/C=C\C/C=C\C/C=C\CCCCCCCCCCCCC(=O)NC(COP(=O)(O)OCCN)C(O)/C=C/CC/C=C/CCCC. The molecule has 0 bridgehead atoms. The molecule has 0 spiro atoms. The van der Waals surface area contributed by atoms with E-state index in [0.717, 1.165) is 70.6 Å². The quantitative estimate of drug-likeness (QED) is 0.0291. The number of aliphatic hydroxyl groups excluding tert-OH is 1. The fourth-order valence-corrected chi connectivity index (χ4v) is 5.82. The summed E-state index contributed by atoms with van der Waals surface area (Å²) in [7, 11) is -4.34. The Hall–Kier alpha value is -2.06. The van der Waals surface area contributed by atoms with E-state index in [1.807, 2.05) is 6.08 Å². The van der Waals surface area contributed by atoms with Crippen LogP contribution in [0.25, 0.3) is 0 Å². The van der Waals surface area contributed by atoms with Crippen LogP contribution in [0.1, 0.15) is 149 Å². The number of phosphoric acid groups is 1. The molecule has 0 saturated carbocycles. The Kier molecular flexibility index (Phi) is 35.2. The summed E-state index contributed by atoms with van der Waals surface area (Å²) in [5.74, 6) is -0.217. The average molecular weight is 721 g/mol. The zero-order valence-electron chi connectivity index (χ0n) is 31.6. The molecule has 288 valence electrons. The van der Waals surface area contributed by atoms with Crippen molar-refractivity contribution in [1.82, 2.24) is 5.32 Å². The number of aliphatic hydroxyl groups is 1. The predicted octanol–water partition coefficient (Wildman–Crippen LogP) is 10.5. The highest BCUT2D eigenvalue weighted by atomic mass is 31.2. The van der Waals surface area contributed by atoms with Gasteiger partial charge in [0.25, 0.3) is 0 Å². The molecule has 8 nitrogen and oxygen atoms in total. The van der Waals surface area contributed by atoms with E-state index in [1.165, 1.54) is 57.8 Å². The molecule has 0 aliphatic rings. The number of carbonyl (C=O) groups is 1. The molecular formula is C41H73N2O6P. The lowest BCUT2D eigenvalue weighted by Crippen LogP contribution is -2.45. The Labute approximate surface area is 306 Å². The summed E-state index contributed by atoms with van der Waals surface area (Å²) in [4.78, 5) is 22.5. The summed E-state index contributed by atoms with van der Waals surface area (Å²) >= 11 is 0. The van der Waals surface area contributed by atoms with Crippen molar-refractivity contribution in [2.45, 2.75) is 161 Å². The average Bonchev–Trinajstić information content (AvgIpc) is 3.10. The Morgan fingerprint density at radius 2 is 1.18 bits per heavy atom. The Morgan fingerprint density at radius 1 is 0.680 bits per heavy atom. The van der Waals surface area contributed by atoms with Gasteiger partial charge in [0.05, 0.1) is 25.4 Å². The molecule has 0 aromatic heterocycles. The number of nitrogens with two attached hydrogens (primary N) is 1. The second-order valence-electron chi connectivity index (χ2n) is 12.7. The minimum absolute atomic E-state index is 0.0695. The zero-order chi connectivity index (χ0) is 36.8. The smallest absolute Gasteiger partial charge is 0.387 e. The molecule has 0 aromatic rings. The molecule has 0 fully saturated rings. The number of amides is 1. The van der Waals surface area contributed by atoms with E-state index >= 15 is 0 Å². The molecule has 9 heteroatoms. The lowest BCUT2D eigenvalue weighted by atomic mass is 10.0. The maximum atomic E-state index is 12.7. The lowest BCUT2D eigenvalue weighted by molar-refractivity contribution is -0.123. The third kappa shape index (κ3) is 34.4. The van der Waals surface area contributed by atoms with Gasteiger partial charge in [0.2, 0.25) is 5.91 Å². The maximum absolute atomic E-state index is 12.7. The summed E-state index contributed by atoms with van der Waals surface area (Å²) in [5.41, 5.74) is 5.34. The van der Waals surface area contributed by atoms with E-state index in [4.69, 9.17) is 14.8 Å². The molecule has 50 heavy (non-hydrogen) atoms. The lowest BCUT2D eigenvalue weighted by Gasteiger charge is -2.23. The largest absolute Gasteiger partial charge is 0.472 e. The molecule has 0 rings (SSSR count). The van der Waals surface area contributed by atoms with Crippen LogP contribution in [-0.2, 0) is 18.4 Å². The fraction of sp³-hybridized carbons (Fsp3) is 0.683. The third-order valence-electron chi connectivity index (χ3n) is 8.02. The minimum Gasteiger partial charge on any atom is -0.387 e. The van der Waals surface area contributed by atoms with Crippen LogP contribution >= 0.6 is 7.82 Å². The van der Waals surface area contributed by atoms with Gasteiger partial charge in [-0.15, -0.1) is 0 Å². The molecule has 1 amide bonds. The van der Waals surface area contributed by atoms with E-state index in [2.05, 4.69) is 79.9 Å². The van der Waals surface area contributed by atoms with Crippen molar-refractivity contribution in [3.63, 3.8) is 0 Å². The van der Waals surface area contributed by atoms with E-state index in [1.54, 1.807) is 6.08 Å². The van der Waals surface area contributed by atoms with Crippen LogP contribution < -0.4 is 11.1 Å². The molecule has 0 saturated heterocycles. The molecule has 0 aliphatic heterocycles. The highest BCUT2D eigenvalue weighted by Gasteiger charge is 2.26. The van der Waals surface area contributed by atoms with Crippen LogP contribution in [0, 0.1) is 0 Å². The van der Waals surface area contributed by atoms with Crippen molar-refractivity contribution in [1.29, 1.82) is 0 Å². The van der Waals surface area contributed by atoms with Gasteiger partial charge in [-0.25, -0.2) is 4.57 Å². The van der Waals surface area contributed by atoms with Crippen molar-refractivity contribution in [2.24, 2.45) is 5.73 Å². The number of allylic oxidation sites excluding steroid dienone is 11. The summed E-state index contributed by atoms with van der Waals surface area (Å²) in [6, 6.07) is -0.880. The minimum atomic E-state index is -4.34. The van der Waals surface area contributed by atoms with Gasteiger partial charge in [0.15, 0.2) is 0 Å². The van der Waals surface area contributed by atoms with Gasteiger partial charge < -0.3 is 21.1 Å². The van der Waals surface area contributed by atoms with Crippen molar-refractivity contribution < 1.29 is 28.4 Å². The molecule has 3 atom stereocenters. The molecule has 0 heterocycles. The Balaban J connectivity index is 4.12. The van der Waals surface area contributed by atoms with E-state index in [9.17, 15) is 19.4 Å². The number of hydrogen-bond donors (Lipinski definition) is 4. The monoisotopic (exact) mass is 721 g/mol. The normalized spacial score (nSPS) is 15.1. The van der Waals surface area contributed by atoms with Gasteiger partial charge in [-0.3, -0.25) is 13.8 Å². The van der Waals surface area contributed by atoms with Gasteiger partial charge in [0, 0.05) is 13.0 Å². The highest BCUT2D eigenvalue weighted by molar-refractivity contribution is 7.47. The van der Waals surface area contributed by atoms with Crippen LogP contribution in [0.4, 0.5) is 0 Å². The highest BCUT2D eigenvalue weighted by Crippen LogP contribution is 2.43. The fourth-order valence-electron chi connectivity index (χ4n) is 5.06. The van der Waals surface area contributed by atoms with Crippen molar-refractivity contribution >= 4 is 13.7 Å². The van der Waals surface area contributed by atoms with Crippen LogP contribution in [0.15, 0.2) is 72.9 Å². The summed E-state index contributed by atoms with van der Waals surface area (Å²) in [6.07, 6.45) is 46.8. The summed E-state index contributed by atoms with van der Waals surface area (Å²) < 4.78 is 21.9. The standard InChI is InChI=1S/C41H73N2O6P/c1-3-5-7-9-11-13-14-15-16-17-18-19-20-21-22-23-24-25-26-27-29-31-33-35-41(45)43-39(38-49-50(46,47)48-37-36-42)40(44)34-32-30-28-12-10-8-6-4-2/h5,7,10-13,15-16,18-19,32,34,39-40,44H,3-4,6,8-9,14,17,20-31,33,35-38,42H2,1-2H3,(H,43,45)(H,46,47)/b7-5-,12-10+,13-11-,16-15-,19-18-,34-32+. The number of nitrogens with one attached hydrogen (secondary N) is 1. The van der Waals surface area contributed by atoms with Gasteiger partial charge in [0.1, 0.15) is 0 Å². The zero-order valence-corrected chi connectivity index (χ0v) is 32.5. The first-order valence-electron chi connectivity index (χ1n) is 19.6. The van der Waals surface area contributed by atoms with Crippen molar-refractivity contribution in [2.75, 3.05) is 19.8 Å². The van der Waals surface area contributed by atoms with Gasteiger partial charge in [-0.2, -0.15) is 0 Å². The number of unbranched alkanes of at least 4 members (excludes halogenated alkanes) is 13. The van der Waals surface area contributed by atoms with Crippen LogP contribution in [0.5, 0.6) is 0 Å². The first kappa shape index (κ1) is 47.9. The van der Waals surface area contributed by atoms with Crippen LogP contribution in [0.3, 0.4) is 0 Å². The summed E-state index contributed by atoms with van der Waals surface area (Å²) in [5, 5.41) is 13.5. The van der Waals surface area contributed by atoms with Crippen molar-refractivity contribution in [3.05, 3.63) is 72.9 Å². The first-order chi connectivity index (χ1) is 24.4. The van der Waals surface area contributed by atoms with Crippen LogP contribution in [0.2, 0.25) is 0 Å². The van der Waals surface area contributed by atoms with E-state index in [0.29, 0.717) is 6.42 Å². The molecular weight excluding hydrogens is 647 g/mol. The Morgan fingerprint density at radius 3 is 1.78 bits per heavy atom. The van der Waals surface area contributed by atoms with Crippen molar-refractivity contribution in [3.8, 4) is 0 Å². The second-order valence-corrected chi connectivity index (χ2v) is 14.2. The molecule has 0 aromatic carbocycles. The molecule has 3 unspecified atom stereocenters. The Bertz CT molecular complexity index is 1010. The second kappa shape index (κ2) is 36.7. The predicted molar refractivity (Wildman–Crippen MR) is 212 cm³/mol. The van der Waals surface area contributed by atoms with Gasteiger partial charge >= 0.3 is 7.82 Å². The van der Waals surface area contributed by atoms with Crippen LogP contribution in [-0.4, -0.2) is 47.8 Å².